The van der Waals surface area contributed by atoms with Gasteiger partial charge in [-0.15, -0.1) is 0 Å². The second-order valence-electron chi connectivity index (χ2n) is 6.38. The second-order valence-corrected chi connectivity index (χ2v) is 6.38. The number of piperidine rings is 2. The van der Waals surface area contributed by atoms with Crippen molar-refractivity contribution < 1.29 is 4.79 Å². The molecule has 1 amide bonds. The van der Waals surface area contributed by atoms with E-state index in [9.17, 15) is 4.79 Å². The van der Waals surface area contributed by atoms with Crippen LogP contribution >= 0.6 is 0 Å². The molecule has 0 radical (unpaired) electrons. The van der Waals surface area contributed by atoms with Crippen LogP contribution in [0.3, 0.4) is 0 Å². The Kier molecular flexibility index (Phi) is 3.88. The Balaban J connectivity index is 1.57. The Morgan fingerprint density at radius 3 is 2.50 bits per heavy atom. The van der Waals surface area contributed by atoms with Gasteiger partial charge in [-0.2, -0.15) is 0 Å². The first-order valence-corrected chi connectivity index (χ1v) is 7.87. The second kappa shape index (κ2) is 5.60. The van der Waals surface area contributed by atoms with Crippen molar-refractivity contribution in [3.8, 4) is 0 Å². The smallest absolute Gasteiger partial charge is 0.239 e. The molecule has 0 aromatic rings. The maximum Gasteiger partial charge on any atom is 0.239 e. The Labute approximate surface area is 110 Å². The van der Waals surface area contributed by atoms with E-state index in [0.717, 1.165) is 37.9 Å². The average molecular weight is 250 g/mol. The Morgan fingerprint density at radius 2 is 1.72 bits per heavy atom. The summed E-state index contributed by atoms with van der Waals surface area (Å²) in [5, 5.41) is 3.40. The van der Waals surface area contributed by atoms with Gasteiger partial charge in [-0.25, -0.2) is 0 Å². The molecule has 2 unspecified atom stereocenters. The van der Waals surface area contributed by atoms with Gasteiger partial charge in [0.05, 0.1) is 6.04 Å². The number of hydrogen-bond donors (Lipinski definition) is 1. The average Bonchev–Trinajstić information content (AvgIpc) is 2.47. The molecule has 3 fully saturated rings. The van der Waals surface area contributed by atoms with E-state index >= 15 is 0 Å². The zero-order valence-corrected chi connectivity index (χ0v) is 11.4. The van der Waals surface area contributed by atoms with Gasteiger partial charge in [0.2, 0.25) is 5.91 Å². The molecule has 2 aliphatic heterocycles. The van der Waals surface area contributed by atoms with Crippen molar-refractivity contribution in [2.75, 3.05) is 19.6 Å². The molecule has 1 aliphatic carbocycles. The summed E-state index contributed by atoms with van der Waals surface area (Å²) >= 11 is 0. The van der Waals surface area contributed by atoms with Gasteiger partial charge in [0.15, 0.2) is 0 Å². The molecule has 2 saturated heterocycles. The van der Waals surface area contributed by atoms with Crippen molar-refractivity contribution in [2.24, 2.45) is 11.8 Å². The predicted molar refractivity (Wildman–Crippen MR) is 72.3 cm³/mol. The van der Waals surface area contributed by atoms with E-state index in [1.165, 1.54) is 44.9 Å². The summed E-state index contributed by atoms with van der Waals surface area (Å²) in [6.45, 7) is 3.08. The lowest BCUT2D eigenvalue weighted by Gasteiger charge is -2.42. The number of likely N-dealkylation sites (tertiary alicyclic amines) is 1. The fraction of sp³-hybridized carbons (Fsp3) is 0.933. The fourth-order valence-electron chi connectivity index (χ4n) is 4.08. The summed E-state index contributed by atoms with van der Waals surface area (Å²) in [4.78, 5) is 14.7. The van der Waals surface area contributed by atoms with Crippen molar-refractivity contribution in [3.05, 3.63) is 0 Å². The number of rotatable bonds is 1. The summed E-state index contributed by atoms with van der Waals surface area (Å²) in [5.41, 5.74) is 0. The third kappa shape index (κ3) is 2.56. The number of carbonyl (C=O) groups excluding carboxylic acids is 1. The highest BCUT2D eigenvalue weighted by atomic mass is 16.2. The molecule has 1 saturated carbocycles. The largest absolute Gasteiger partial charge is 0.341 e. The van der Waals surface area contributed by atoms with Gasteiger partial charge in [-0.3, -0.25) is 4.79 Å². The number of amides is 1. The molecule has 102 valence electrons. The fourth-order valence-corrected chi connectivity index (χ4v) is 4.08. The zero-order chi connectivity index (χ0) is 12.4. The van der Waals surface area contributed by atoms with Crippen LogP contribution in [0.4, 0.5) is 0 Å². The van der Waals surface area contributed by atoms with Gasteiger partial charge in [0.1, 0.15) is 0 Å². The Morgan fingerprint density at radius 1 is 0.944 bits per heavy atom. The summed E-state index contributed by atoms with van der Waals surface area (Å²) in [5.74, 6) is 2.11. The van der Waals surface area contributed by atoms with Crippen LogP contribution in [-0.4, -0.2) is 36.5 Å². The third-order valence-electron chi connectivity index (χ3n) is 5.21. The van der Waals surface area contributed by atoms with Crippen LogP contribution in [0, 0.1) is 11.8 Å². The maximum atomic E-state index is 12.5. The molecule has 0 aromatic carbocycles. The summed E-state index contributed by atoms with van der Waals surface area (Å²) in [6, 6.07) is 0.124. The molecule has 3 heteroatoms. The number of fused-ring (bicyclic) bond motifs is 1. The highest BCUT2D eigenvalue weighted by molar-refractivity contribution is 5.82. The van der Waals surface area contributed by atoms with Gasteiger partial charge in [-0.1, -0.05) is 25.7 Å². The molecule has 0 aromatic heterocycles. The molecule has 3 rings (SSSR count). The van der Waals surface area contributed by atoms with Crippen LogP contribution < -0.4 is 5.32 Å². The minimum Gasteiger partial charge on any atom is -0.341 e. The Hall–Kier alpha value is -0.570. The molecule has 3 aliphatic rings. The summed E-state index contributed by atoms with van der Waals surface area (Å²) in [7, 11) is 0. The van der Waals surface area contributed by atoms with Gasteiger partial charge < -0.3 is 10.2 Å². The van der Waals surface area contributed by atoms with E-state index in [-0.39, 0.29) is 6.04 Å². The number of nitrogens with one attached hydrogen (secondary N) is 1. The van der Waals surface area contributed by atoms with Crippen LogP contribution in [0.2, 0.25) is 0 Å². The lowest BCUT2D eigenvalue weighted by Crippen LogP contribution is -2.53. The highest BCUT2D eigenvalue weighted by Crippen LogP contribution is 2.36. The summed E-state index contributed by atoms with van der Waals surface area (Å²) < 4.78 is 0. The third-order valence-corrected chi connectivity index (χ3v) is 5.21. The zero-order valence-electron chi connectivity index (χ0n) is 11.4. The first-order valence-electron chi connectivity index (χ1n) is 7.87. The molecule has 2 heterocycles. The lowest BCUT2D eigenvalue weighted by atomic mass is 9.75. The molecule has 18 heavy (non-hydrogen) atoms. The number of hydrogen-bond acceptors (Lipinski definition) is 2. The standard InChI is InChI=1S/C15H26N2O/c18-15(14-7-3-4-9-16-14)17-10-8-12-5-1-2-6-13(12)11-17/h12-14,16H,1-11H2/t12?,13?,14-/m1/s1. The van der Waals surface area contributed by atoms with E-state index in [0.29, 0.717) is 5.91 Å². The van der Waals surface area contributed by atoms with E-state index in [2.05, 4.69) is 10.2 Å². The molecule has 3 nitrogen and oxygen atoms in total. The monoisotopic (exact) mass is 250 g/mol. The van der Waals surface area contributed by atoms with Crippen molar-refractivity contribution in [3.63, 3.8) is 0 Å². The van der Waals surface area contributed by atoms with Crippen LogP contribution in [0.1, 0.15) is 51.4 Å². The van der Waals surface area contributed by atoms with Crippen molar-refractivity contribution in [1.29, 1.82) is 0 Å². The minimum absolute atomic E-state index is 0.124. The van der Waals surface area contributed by atoms with Crippen LogP contribution in [0.15, 0.2) is 0 Å². The van der Waals surface area contributed by atoms with E-state index in [1.54, 1.807) is 0 Å². The van der Waals surface area contributed by atoms with Gasteiger partial charge >= 0.3 is 0 Å². The van der Waals surface area contributed by atoms with Crippen molar-refractivity contribution in [1.82, 2.24) is 10.2 Å². The number of carbonyl (C=O) groups is 1. The topological polar surface area (TPSA) is 32.3 Å². The highest BCUT2D eigenvalue weighted by Gasteiger charge is 2.35. The lowest BCUT2D eigenvalue weighted by molar-refractivity contribution is -0.137. The first-order chi connectivity index (χ1) is 8.84. The van der Waals surface area contributed by atoms with E-state index in [4.69, 9.17) is 0 Å². The summed E-state index contributed by atoms with van der Waals surface area (Å²) in [6.07, 6.45) is 10.3. The molecular formula is C15H26N2O. The van der Waals surface area contributed by atoms with Crippen molar-refractivity contribution in [2.45, 2.75) is 57.4 Å². The van der Waals surface area contributed by atoms with Gasteiger partial charge in [0, 0.05) is 13.1 Å². The van der Waals surface area contributed by atoms with Gasteiger partial charge in [-0.05, 0) is 44.1 Å². The number of nitrogens with zero attached hydrogens (tertiary/aromatic N) is 1. The van der Waals surface area contributed by atoms with E-state index < -0.39 is 0 Å². The molecule has 0 bridgehead atoms. The van der Waals surface area contributed by atoms with Crippen molar-refractivity contribution >= 4 is 5.91 Å². The SMILES string of the molecule is O=C([C@H]1CCCCN1)N1CCC2CCCCC2C1. The van der Waals surface area contributed by atoms with Crippen LogP contribution in [0.25, 0.3) is 0 Å². The van der Waals surface area contributed by atoms with Crippen LogP contribution in [0.5, 0.6) is 0 Å². The van der Waals surface area contributed by atoms with Crippen LogP contribution in [-0.2, 0) is 4.79 Å². The quantitative estimate of drug-likeness (QED) is 0.773. The molecule has 0 spiro atoms. The first kappa shape index (κ1) is 12.5. The molecule has 3 atom stereocenters. The normalized spacial score (nSPS) is 37.1. The molecule has 1 N–H and O–H groups in total. The van der Waals surface area contributed by atoms with Gasteiger partial charge in [0.25, 0.3) is 0 Å². The minimum atomic E-state index is 0.124. The van der Waals surface area contributed by atoms with E-state index in [1.807, 2.05) is 0 Å². The Bertz CT molecular complexity index is 299. The molecular weight excluding hydrogens is 224 g/mol. The predicted octanol–water partition coefficient (Wildman–Crippen LogP) is 2.17. The maximum absolute atomic E-state index is 12.5.